The number of urea groups is 1. The number of nitrogens with zero attached hydrogens (tertiary/aromatic N) is 2. The Morgan fingerprint density at radius 3 is 2.46 bits per heavy atom. The molecule has 1 saturated heterocycles. The number of pyridine rings is 1. The average molecular weight is 343 g/mol. The van der Waals surface area contributed by atoms with Gasteiger partial charge in [-0.15, -0.1) is 0 Å². The predicted octanol–water partition coefficient (Wildman–Crippen LogP) is 1.11. The van der Waals surface area contributed by atoms with Crippen molar-refractivity contribution >= 4 is 23.5 Å². The minimum absolute atomic E-state index is 0.0113. The Morgan fingerprint density at radius 2 is 1.88 bits per heavy atom. The highest BCUT2D eigenvalue weighted by Crippen LogP contribution is 2.27. The number of hydrogen-bond acceptors (Lipinski definition) is 4. The molecule has 1 aromatic heterocycles. The van der Waals surface area contributed by atoms with Gasteiger partial charge in [0.25, 0.3) is 11.5 Å². The van der Waals surface area contributed by atoms with Crippen molar-refractivity contribution < 1.29 is 9.59 Å². The Bertz CT molecular complexity index is 930. The summed E-state index contributed by atoms with van der Waals surface area (Å²) in [6.45, 7) is -0.129. The number of rotatable bonds is 3. The lowest BCUT2D eigenvalue weighted by molar-refractivity contribution is -0.124. The molecule has 0 aliphatic carbocycles. The number of halogens is 1. The maximum Gasteiger partial charge on any atom is 0.322 e. The molecule has 7 nitrogen and oxygen atoms in total. The third kappa shape index (κ3) is 2.53. The molecule has 1 aromatic carbocycles. The van der Waals surface area contributed by atoms with Crippen LogP contribution in [-0.4, -0.2) is 16.5 Å². The number of nitrogens with one attached hydrogen (secondary N) is 2. The van der Waals surface area contributed by atoms with Gasteiger partial charge < -0.3 is 9.88 Å². The van der Waals surface area contributed by atoms with Gasteiger partial charge in [-0.05, 0) is 29.8 Å². The molecule has 3 amide bonds. The maximum absolute atomic E-state index is 12.5. The van der Waals surface area contributed by atoms with Crippen LogP contribution in [0.3, 0.4) is 0 Å². The van der Waals surface area contributed by atoms with E-state index in [2.05, 4.69) is 10.6 Å². The van der Waals surface area contributed by atoms with Crippen molar-refractivity contribution in [3.63, 3.8) is 0 Å². The Balaban J connectivity index is 2.11. The van der Waals surface area contributed by atoms with E-state index in [9.17, 15) is 14.4 Å². The zero-order chi connectivity index (χ0) is 17.3. The minimum Gasteiger partial charge on any atom is -0.318 e. The molecule has 1 atom stereocenters. The molecule has 8 heteroatoms. The van der Waals surface area contributed by atoms with Crippen molar-refractivity contribution in [2.75, 3.05) is 0 Å². The molecule has 1 aliphatic rings. The van der Waals surface area contributed by atoms with Gasteiger partial charge >= 0.3 is 6.03 Å². The first-order valence-corrected chi connectivity index (χ1v) is 7.33. The van der Waals surface area contributed by atoms with Gasteiger partial charge in [0, 0.05) is 6.20 Å². The average Bonchev–Trinajstić information content (AvgIpc) is 2.86. The van der Waals surface area contributed by atoms with Crippen LogP contribution < -0.4 is 16.2 Å². The van der Waals surface area contributed by atoms with Gasteiger partial charge in [-0.2, -0.15) is 5.26 Å². The first-order chi connectivity index (χ1) is 11.5. The molecule has 1 fully saturated rings. The van der Waals surface area contributed by atoms with Gasteiger partial charge in [0.2, 0.25) is 0 Å². The van der Waals surface area contributed by atoms with E-state index in [4.69, 9.17) is 16.9 Å². The van der Waals surface area contributed by atoms with Gasteiger partial charge in [0.05, 0.1) is 18.2 Å². The Morgan fingerprint density at radius 1 is 1.17 bits per heavy atom. The van der Waals surface area contributed by atoms with E-state index in [0.29, 0.717) is 11.1 Å². The lowest BCUT2D eigenvalue weighted by Crippen LogP contribution is -2.49. The van der Waals surface area contributed by atoms with E-state index in [0.717, 1.165) is 0 Å². The van der Waals surface area contributed by atoms with Crippen LogP contribution in [-0.2, 0) is 16.9 Å². The molecule has 2 N–H and O–H groups in total. The fourth-order valence-electron chi connectivity index (χ4n) is 2.61. The normalized spacial score (nSPS) is 19.5. The second-order valence-corrected chi connectivity index (χ2v) is 5.70. The largest absolute Gasteiger partial charge is 0.322 e. The lowest BCUT2D eigenvalue weighted by atomic mass is 9.89. The van der Waals surface area contributed by atoms with Crippen LogP contribution in [0.2, 0.25) is 5.02 Å². The second-order valence-electron chi connectivity index (χ2n) is 5.29. The van der Waals surface area contributed by atoms with Gasteiger partial charge in [-0.25, -0.2) is 4.79 Å². The maximum atomic E-state index is 12.5. The number of hydrogen-bond donors (Lipinski definition) is 2. The van der Waals surface area contributed by atoms with Crippen LogP contribution in [0.4, 0.5) is 4.79 Å². The number of carbonyl (C=O) groups is 2. The molecule has 2 aromatic rings. The van der Waals surface area contributed by atoms with Crippen LogP contribution in [0, 0.1) is 11.3 Å². The molecular weight excluding hydrogens is 332 g/mol. The van der Waals surface area contributed by atoms with Crippen LogP contribution in [0.5, 0.6) is 0 Å². The smallest absolute Gasteiger partial charge is 0.318 e. The third-order valence-corrected chi connectivity index (χ3v) is 4.12. The van der Waals surface area contributed by atoms with E-state index in [1.807, 2.05) is 6.07 Å². The highest BCUT2D eigenvalue weighted by atomic mass is 35.5. The highest BCUT2D eigenvalue weighted by molar-refractivity contribution is 6.30. The van der Waals surface area contributed by atoms with Crippen molar-refractivity contribution in [2.24, 2.45) is 0 Å². The summed E-state index contributed by atoms with van der Waals surface area (Å²) in [6.07, 6.45) is 1.48. The Kier molecular flexibility index (Phi) is 3.83. The zero-order valence-corrected chi connectivity index (χ0v) is 13.0. The number of benzene rings is 1. The van der Waals surface area contributed by atoms with Crippen molar-refractivity contribution in [1.82, 2.24) is 15.2 Å². The third-order valence-electron chi connectivity index (χ3n) is 3.83. The molecule has 24 heavy (non-hydrogen) atoms. The molecule has 0 saturated carbocycles. The summed E-state index contributed by atoms with van der Waals surface area (Å²) >= 11 is 5.84. The molecule has 0 spiro atoms. The van der Waals surface area contributed by atoms with Crippen LogP contribution in [0.15, 0.2) is 47.4 Å². The molecule has 1 unspecified atom stereocenters. The molecule has 2 heterocycles. The summed E-state index contributed by atoms with van der Waals surface area (Å²) in [4.78, 5) is 36.3. The van der Waals surface area contributed by atoms with Gasteiger partial charge in [-0.1, -0.05) is 23.7 Å². The van der Waals surface area contributed by atoms with Crippen LogP contribution in [0.25, 0.3) is 0 Å². The number of nitriles is 1. The molecular formula is C16H11ClN4O3. The van der Waals surface area contributed by atoms with Crippen molar-refractivity contribution in [3.05, 3.63) is 69.1 Å². The quantitative estimate of drug-likeness (QED) is 0.815. The fourth-order valence-corrected chi connectivity index (χ4v) is 2.80. The van der Waals surface area contributed by atoms with Crippen molar-refractivity contribution in [3.8, 4) is 6.07 Å². The van der Waals surface area contributed by atoms with Crippen molar-refractivity contribution in [1.29, 1.82) is 5.26 Å². The van der Waals surface area contributed by atoms with E-state index in [1.54, 1.807) is 18.2 Å². The number of carbonyl (C=O) groups excluding carboxylic acids is 2. The first-order valence-electron chi connectivity index (χ1n) is 6.95. The molecule has 1 aliphatic heterocycles. The minimum atomic E-state index is -1.46. The lowest BCUT2D eigenvalue weighted by Gasteiger charge is -2.27. The molecule has 120 valence electrons. The Labute approximate surface area is 141 Å². The van der Waals surface area contributed by atoms with Crippen LogP contribution in [0.1, 0.15) is 11.1 Å². The summed E-state index contributed by atoms with van der Waals surface area (Å²) in [5.74, 6) is -0.580. The topological polar surface area (TPSA) is 104 Å². The predicted molar refractivity (Wildman–Crippen MR) is 85.2 cm³/mol. The zero-order valence-electron chi connectivity index (χ0n) is 12.2. The van der Waals surface area contributed by atoms with E-state index in [-0.39, 0.29) is 11.6 Å². The summed E-state index contributed by atoms with van der Waals surface area (Å²) in [7, 11) is 0. The van der Waals surface area contributed by atoms with E-state index < -0.39 is 23.0 Å². The first kappa shape index (κ1) is 15.8. The summed E-state index contributed by atoms with van der Waals surface area (Å²) in [5, 5.41) is 13.7. The highest BCUT2D eigenvalue weighted by Gasteiger charge is 2.48. The van der Waals surface area contributed by atoms with Gasteiger partial charge in [-0.3, -0.25) is 14.9 Å². The molecule has 3 rings (SSSR count). The summed E-state index contributed by atoms with van der Waals surface area (Å²) in [6, 6.07) is 10.6. The van der Waals surface area contributed by atoms with Crippen LogP contribution >= 0.6 is 11.6 Å². The van der Waals surface area contributed by atoms with Gasteiger partial charge in [0.15, 0.2) is 5.54 Å². The summed E-state index contributed by atoms with van der Waals surface area (Å²) < 4.78 is 1.26. The monoisotopic (exact) mass is 342 g/mol. The fraction of sp³-hybridized carbons (Fsp3) is 0.125. The Hall–Kier alpha value is -3.11. The van der Waals surface area contributed by atoms with E-state index >= 15 is 0 Å². The van der Waals surface area contributed by atoms with Crippen molar-refractivity contribution in [2.45, 2.75) is 12.1 Å². The SMILES string of the molecule is N#Cc1ccc(C2(Cn3cccc(Cl)c3=O)NC(=O)NC2=O)cc1. The number of aromatic nitrogens is 1. The summed E-state index contributed by atoms with van der Waals surface area (Å²) in [5.41, 5.74) is -1.06. The second kappa shape index (κ2) is 5.83. The standard InChI is InChI=1S/C16H11ClN4O3/c17-12-2-1-7-21(13(12)22)9-16(14(23)19-15(24)20-16)11-5-3-10(8-18)4-6-11/h1-7H,9H2,(H2,19,20,23,24). The van der Waals surface area contributed by atoms with E-state index in [1.165, 1.54) is 29.0 Å². The van der Waals surface area contributed by atoms with Gasteiger partial charge in [0.1, 0.15) is 5.02 Å². The molecule has 0 radical (unpaired) electrons. The number of amides is 3. The molecule has 0 bridgehead atoms. The number of imide groups is 1.